The van der Waals surface area contributed by atoms with Crippen molar-refractivity contribution in [1.82, 2.24) is 5.32 Å². The van der Waals surface area contributed by atoms with Gasteiger partial charge in [0.15, 0.2) is 5.11 Å². The zero-order valence-electron chi connectivity index (χ0n) is 10.2. The van der Waals surface area contributed by atoms with Gasteiger partial charge in [0, 0.05) is 11.7 Å². The maximum absolute atomic E-state index is 5.26. The van der Waals surface area contributed by atoms with Gasteiger partial charge in [0.25, 0.3) is 0 Å². The Hall–Kier alpha value is -1.09. The molecule has 0 heterocycles. The van der Waals surface area contributed by atoms with Crippen molar-refractivity contribution in [2.75, 3.05) is 5.32 Å². The number of para-hydroxylation sites is 1. The molecule has 1 atom stereocenters. The van der Waals surface area contributed by atoms with E-state index in [2.05, 4.69) is 37.5 Å². The molecule has 0 saturated heterocycles. The molecule has 2 N–H and O–H groups in total. The fraction of sp³-hybridized carbons (Fsp3) is 0.462. The number of anilines is 1. The van der Waals surface area contributed by atoms with Crippen molar-refractivity contribution in [2.45, 2.75) is 39.7 Å². The monoisotopic (exact) mass is 236 g/mol. The van der Waals surface area contributed by atoms with Gasteiger partial charge in [-0.25, -0.2) is 0 Å². The van der Waals surface area contributed by atoms with E-state index in [1.165, 1.54) is 12.0 Å². The van der Waals surface area contributed by atoms with Gasteiger partial charge in [-0.3, -0.25) is 0 Å². The minimum absolute atomic E-state index is 0.425. The highest BCUT2D eigenvalue weighted by molar-refractivity contribution is 7.80. The van der Waals surface area contributed by atoms with Crippen LogP contribution in [0.5, 0.6) is 0 Å². The maximum atomic E-state index is 5.26. The van der Waals surface area contributed by atoms with Crippen LogP contribution >= 0.6 is 12.2 Å². The van der Waals surface area contributed by atoms with Crippen molar-refractivity contribution in [3.63, 3.8) is 0 Å². The predicted molar refractivity (Wildman–Crippen MR) is 74.9 cm³/mol. The number of thiocarbonyl (C=S) groups is 1. The normalized spacial score (nSPS) is 11.9. The summed E-state index contributed by atoms with van der Waals surface area (Å²) in [4.78, 5) is 0. The van der Waals surface area contributed by atoms with Crippen LogP contribution in [0.1, 0.15) is 32.3 Å². The largest absolute Gasteiger partial charge is 0.360 e. The van der Waals surface area contributed by atoms with Gasteiger partial charge in [-0.15, -0.1) is 0 Å². The lowest BCUT2D eigenvalue weighted by molar-refractivity contribution is 0.599. The first-order chi connectivity index (χ1) is 7.63. The molecular weight excluding hydrogens is 216 g/mol. The second kappa shape index (κ2) is 6.48. The van der Waals surface area contributed by atoms with E-state index < -0.39 is 0 Å². The van der Waals surface area contributed by atoms with Crippen LogP contribution in [0.15, 0.2) is 24.3 Å². The second-order valence-electron chi connectivity index (χ2n) is 4.10. The van der Waals surface area contributed by atoms with Crippen LogP contribution in [-0.2, 0) is 0 Å². The topological polar surface area (TPSA) is 24.1 Å². The van der Waals surface area contributed by atoms with Gasteiger partial charge in [-0.2, -0.15) is 0 Å². The fourth-order valence-electron chi connectivity index (χ4n) is 1.60. The summed E-state index contributed by atoms with van der Waals surface area (Å²) in [5.41, 5.74) is 2.28. The first-order valence-electron chi connectivity index (χ1n) is 5.76. The van der Waals surface area contributed by atoms with Crippen molar-refractivity contribution in [3.8, 4) is 0 Å². The minimum atomic E-state index is 0.425. The van der Waals surface area contributed by atoms with Crippen LogP contribution in [0, 0.1) is 6.92 Å². The summed E-state index contributed by atoms with van der Waals surface area (Å²) >= 11 is 5.26. The molecule has 88 valence electrons. The van der Waals surface area contributed by atoms with Crippen molar-refractivity contribution in [1.29, 1.82) is 0 Å². The molecule has 0 aromatic heterocycles. The van der Waals surface area contributed by atoms with E-state index in [1.807, 2.05) is 18.2 Å². The van der Waals surface area contributed by atoms with Crippen LogP contribution in [0.4, 0.5) is 5.69 Å². The number of aryl methyl sites for hydroxylation is 1. The highest BCUT2D eigenvalue weighted by atomic mass is 32.1. The Morgan fingerprint density at radius 3 is 2.69 bits per heavy atom. The summed E-state index contributed by atoms with van der Waals surface area (Å²) in [6.07, 6.45) is 2.30. The Kier molecular flexibility index (Phi) is 5.26. The molecule has 0 saturated carbocycles. The molecule has 0 aliphatic carbocycles. The van der Waals surface area contributed by atoms with E-state index in [0.29, 0.717) is 11.2 Å². The molecule has 0 amide bonds. The summed E-state index contributed by atoms with van der Waals surface area (Å²) in [7, 11) is 0. The third-order valence-electron chi connectivity index (χ3n) is 2.49. The molecule has 1 aromatic rings. The van der Waals surface area contributed by atoms with Crippen LogP contribution in [-0.4, -0.2) is 11.2 Å². The molecule has 0 spiro atoms. The number of benzene rings is 1. The molecule has 16 heavy (non-hydrogen) atoms. The Morgan fingerprint density at radius 1 is 1.38 bits per heavy atom. The summed E-state index contributed by atoms with van der Waals surface area (Å²) in [5.74, 6) is 0. The second-order valence-corrected chi connectivity index (χ2v) is 4.51. The molecule has 3 heteroatoms. The van der Waals surface area contributed by atoms with Crippen molar-refractivity contribution >= 4 is 23.0 Å². The van der Waals surface area contributed by atoms with Gasteiger partial charge in [-0.05, 0) is 44.1 Å². The van der Waals surface area contributed by atoms with Crippen LogP contribution < -0.4 is 10.6 Å². The van der Waals surface area contributed by atoms with E-state index in [0.717, 1.165) is 12.1 Å². The third kappa shape index (κ3) is 4.19. The SMILES string of the molecule is CCCC(C)NC(=S)Nc1ccccc1C. The Morgan fingerprint density at radius 2 is 2.06 bits per heavy atom. The molecular formula is C13H20N2S. The first kappa shape index (κ1) is 13.0. The molecule has 1 aromatic carbocycles. The molecule has 0 radical (unpaired) electrons. The predicted octanol–water partition coefficient (Wildman–Crippen LogP) is 3.47. The van der Waals surface area contributed by atoms with E-state index in [-0.39, 0.29) is 0 Å². The summed E-state index contributed by atoms with van der Waals surface area (Å²) in [6, 6.07) is 8.56. The zero-order chi connectivity index (χ0) is 12.0. The highest BCUT2D eigenvalue weighted by Gasteiger charge is 2.04. The average molecular weight is 236 g/mol. The van der Waals surface area contributed by atoms with E-state index in [9.17, 15) is 0 Å². The molecule has 1 unspecified atom stereocenters. The third-order valence-corrected chi connectivity index (χ3v) is 2.71. The van der Waals surface area contributed by atoms with E-state index in [4.69, 9.17) is 12.2 Å². The highest BCUT2D eigenvalue weighted by Crippen LogP contribution is 2.12. The lowest BCUT2D eigenvalue weighted by Gasteiger charge is -2.17. The first-order valence-corrected chi connectivity index (χ1v) is 6.17. The minimum Gasteiger partial charge on any atom is -0.360 e. The quantitative estimate of drug-likeness (QED) is 0.783. The lowest BCUT2D eigenvalue weighted by atomic mass is 10.2. The number of hydrogen-bond acceptors (Lipinski definition) is 1. The Balaban J connectivity index is 2.49. The molecule has 0 bridgehead atoms. The summed E-state index contributed by atoms with van der Waals surface area (Å²) in [5, 5.41) is 7.20. The van der Waals surface area contributed by atoms with Gasteiger partial charge < -0.3 is 10.6 Å². The van der Waals surface area contributed by atoms with Gasteiger partial charge in [-0.1, -0.05) is 31.5 Å². The Bertz CT molecular complexity index is 350. The molecule has 1 rings (SSSR count). The smallest absolute Gasteiger partial charge is 0.170 e. The van der Waals surface area contributed by atoms with Crippen LogP contribution in [0.3, 0.4) is 0 Å². The maximum Gasteiger partial charge on any atom is 0.170 e. The van der Waals surface area contributed by atoms with Crippen molar-refractivity contribution in [2.24, 2.45) is 0 Å². The number of rotatable bonds is 4. The Labute approximate surface area is 103 Å². The van der Waals surface area contributed by atoms with Crippen LogP contribution in [0.2, 0.25) is 0 Å². The van der Waals surface area contributed by atoms with Crippen molar-refractivity contribution < 1.29 is 0 Å². The van der Waals surface area contributed by atoms with Gasteiger partial charge >= 0.3 is 0 Å². The molecule has 0 aliphatic heterocycles. The standard InChI is InChI=1S/C13H20N2S/c1-4-7-11(3)14-13(16)15-12-9-6-5-8-10(12)2/h5-6,8-9,11H,4,7H2,1-3H3,(H2,14,15,16). The van der Waals surface area contributed by atoms with E-state index in [1.54, 1.807) is 0 Å². The number of hydrogen-bond donors (Lipinski definition) is 2. The molecule has 0 fully saturated rings. The van der Waals surface area contributed by atoms with Gasteiger partial charge in [0.1, 0.15) is 0 Å². The van der Waals surface area contributed by atoms with Gasteiger partial charge in [0.2, 0.25) is 0 Å². The fourth-order valence-corrected chi connectivity index (χ4v) is 1.91. The van der Waals surface area contributed by atoms with Gasteiger partial charge in [0.05, 0.1) is 0 Å². The summed E-state index contributed by atoms with van der Waals surface area (Å²) in [6.45, 7) is 6.39. The van der Waals surface area contributed by atoms with E-state index >= 15 is 0 Å². The van der Waals surface area contributed by atoms with Crippen molar-refractivity contribution in [3.05, 3.63) is 29.8 Å². The molecule has 2 nitrogen and oxygen atoms in total. The molecule has 0 aliphatic rings. The average Bonchev–Trinajstić information content (AvgIpc) is 2.21. The van der Waals surface area contributed by atoms with Crippen LogP contribution in [0.25, 0.3) is 0 Å². The zero-order valence-corrected chi connectivity index (χ0v) is 11.0. The lowest BCUT2D eigenvalue weighted by Crippen LogP contribution is -2.35. The number of nitrogens with one attached hydrogen (secondary N) is 2. The summed E-state index contributed by atoms with van der Waals surface area (Å²) < 4.78 is 0.